The first-order valence-electron chi connectivity index (χ1n) is 5.88. The molecule has 0 radical (unpaired) electrons. The molecule has 2 aromatic heterocycles. The van der Waals surface area contributed by atoms with Crippen LogP contribution in [0.15, 0.2) is 11.1 Å². The summed E-state index contributed by atoms with van der Waals surface area (Å²) < 4.78 is 6.57. The molecule has 10 heteroatoms. The fourth-order valence-corrected chi connectivity index (χ4v) is 2.28. The molecule has 2 aromatic rings. The number of hydrogen-bond acceptors (Lipinski definition) is 8. The van der Waals surface area contributed by atoms with Crippen molar-refractivity contribution in [3.8, 4) is 0 Å². The number of aliphatic hydroxyl groups excluding tert-OH is 3. The fraction of sp³-hybridized carbons (Fsp3) is 0.500. The molecular formula is C10H13N5O5. The van der Waals surface area contributed by atoms with Crippen molar-refractivity contribution in [1.82, 2.24) is 19.5 Å². The minimum atomic E-state index is -1.33. The summed E-state index contributed by atoms with van der Waals surface area (Å²) in [7, 11) is 0. The van der Waals surface area contributed by atoms with Gasteiger partial charge in [-0.2, -0.15) is 0 Å². The van der Waals surface area contributed by atoms with Gasteiger partial charge in [0, 0.05) is 0 Å². The quantitative estimate of drug-likeness (QED) is 0.398. The molecule has 0 aliphatic carbocycles. The van der Waals surface area contributed by atoms with E-state index in [0.29, 0.717) is 0 Å². The SMILES string of the molecule is Nc1nc2c(=O)[nH]cnc2n1[C@@H]1O[C@H](CO)C(O)[C@@H]1O. The van der Waals surface area contributed by atoms with Gasteiger partial charge in [0.15, 0.2) is 17.4 Å². The third-order valence-electron chi connectivity index (χ3n) is 3.28. The van der Waals surface area contributed by atoms with Gasteiger partial charge < -0.3 is 30.8 Å². The minimum Gasteiger partial charge on any atom is -0.394 e. The number of imidazole rings is 1. The smallest absolute Gasteiger partial charge is 0.278 e. The number of H-pyrrole nitrogens is 1. The van der Waals surface area contributed by atoms with Gasteiger partial charge in [0.05, 0.1) is 12.9 Å². The number of nitrogens with two attached hydrogens (primary N) is 1. The van der Waals surface area contributed by atoms with Crippen LogP contribution in [0.4, 0.5) is 5.95 Å². The van der Waals surface area contributed by atoms with E-state index < -0.39 is 36.7 Å². The zero-order valence-electron chi connectivity index (χ0n) is 10.2. The zero-order chi connectivity index (χ0) is 14.4. The van der Waals surface area contributed by atoms with E-state index in [9.17, 15) is 15.0 Å². The van der Waals surface area contributed by atoms with Crippen LogP contribution in [0.2, 0.25) is 0 Å². The predicted octanol–water partition coefficient (Wildman–Crippen LogP) is -2.69. The molecule has 1 saturated heterocycles. The molecule has 1 aliphatic heterocycles. The Kier molecular flexibility index (Phi) is 2.94. The molecule has 4 atom stereocenters. The Labute approximate surface area is 111 Å². The second-order valence-electron chi connectivity index (χ2n) is 4.47. The third-order valence-corrected chi connectivity index (χ3v) is 3.28. The molecule has 20 heavy (non-hydrogen) atoms. The summed E-state index contributed by atoms with van der Waals surface area (Å²) in [6.07, 6.45) is -3.46. The fourth-order valence-electron chi connectivity index (χ4n) is 2.28. The first kappa shape index (κ1) is 13.0. The van der Waals surface area contributed by atoms with Crippen LogP contribution in [0, 0.1) is 0 Å². The maximum atomic E-state index is 11.6. The number of nitrogens with one attached hydrogen (secondary N) is 1. The summed E-state index contributed by atoms with van der Waals surface area (Å²) in [5, 5.41) is 28.8. The Bertz CT molecular complexity index is 697. The van der Waals surface area contributed by atoms with E-state index >= 15 is 0 Å². The first-order valence-corrected chi connectivity index (χ1v) is 5.88. The second kappa shape index (κ2) is 4.52. The van der Waals surface area contributed by atoms with Gasteiger partial charge in [-0.25, -0.2) is 9.97 Å². The highest BCUT2D eigenvalue weighted by Gasteiger charge is 2.44. The Hall–Kier alpha value is -2.01. The monoisotopic (exact) mass is 283 g/mol. The Morgan fingerprint density at radius 3 is 2.85 bits per heavy atom. The number of aromatic amines is 1. The summed E-state index contributed by atoms with van der Waals surface area (Å²) in [6.45, 7) is -0.463. The average molecular weight is 283 g/mol. The van der Waals surface area contributed by atoms with E-state index in [0.717, 1.165) is 0 Å². The van der Waals surface area contributed by atoms with Crippen molar-refractivity contribution in [3.63, 3.8) is 0 Å². The summed E-state index contributed by atoms with van der Waals surface area (Å²) in [5.74, 6) is -0.0842. The Morgan fingerprint density at radius 1 is 1.45 bits per heavy atom. The summed E-state index contributed by atoms with van der Waals surface area (Å²) >= 11 is 0. The molecular weight excluding hydrogens is 270 g/mol. The number of fused-ring (bicyclic) bond motifs is 1. The van der Waals surface area contributed by atoms with Gasteiger partial charge in [0.25, 0.3) is 5.56 Å². The van der Waals surface area contributed by atoms with Crippen LogP contribution in [-0.2, 0) is 4.74 Å². The van der Waals surface area contributed by atoms with Crippen LogP contribution in [-0.4, -0.2) is 59.8 Å². The topological polar surface area (TPSA) is 160 Å². The Balaban J connectivity index is 2.14. The number of nitrogen functional groups attached to an aromatic ring is 1. The molecule has 0 saturated carbocycles. The van der Waals surface area contributed by atoms with Gasteiger partial charge in [-0.1, -0.05) is 0 Å². The van der Waals surface area contributed by atoms with Gasteiger partial charge in [0.1, 0.15) is 18.3 Å². The predicted molar refractivity (Wildman–Crippen MR) is 65.6 cm³/mol. The van der Waals surface area contributed by atoms with E-state index in [1.807, 2.05) is 0 Å². The van der Waals surface area contributed by atoms with E-state index in [1.165, 1.54) is 10.9 Å². The summed E-state index contributed by atoms with van der Waals surface area (Å²) in [4.78, 5) is 21.8. The molecule has 0 bridgehead atoms. The molecule has 1 fully saturated rings. The number of rotatable bonds is 2. The lowest BCUT2D eigenvalue weighted by molar-refractivity contribution is -0.0500. The number of aliphatic hydroxyl groups is 3. The number of anilines is 1. The number of aromatic nitrogens is 4. The van der Waals surface area contributed by atoms with Crippen molar-refractivity contribution in [2.24, 2.45) is 0 Å². The normalized spacial score (nSPS) is 30.1. The Morgan fingerprint density at radius 2 is 2.20 bits per heavy atom. The van der Waals surface area contributed by atoms with Crippen LogP contribution in [0.3, 0.4) is 0 Å². The molecule has 6 N–H and O–H groups in total. The summed E-state index contributed by atoms with van der Waals surface area (Å²) in [6, 6.07) is 0. The molecule has 0 aromatic carbocycles. The number of ether oxygens (including phenoxy) is 1. The van der Waals surface area contributed by atoms with Crippen molar-refractivity contribution in [1.29, 1.82) is 0 Å². The lowest BCUT2D eigenvalue weighted by Crippen LogP contribution is -2.33. The highest BCUT2D eigenvalue weighted by Crippen LogP contribution is 2.32. The molecule has 10 nitrogen and oxygen atoms in total. The zero-order valence-corrected chi connectivity index (χ0v) is 10.2. The van der Waals surface area contributed by atoms with Crippen molar-refractivity contribution in [2.45, 2.75) is 24.5 Å². The number of hydrogen-bond donors (Lipinski definition) is 5. The van der Waals surface area contributed by atoms with Crippen LogP contribution in [0.5, 0.6) is 0 Å². The summed E-state index contributed by atoms with van der Waals surface area (Å²) in [5.41, 5.74) is 5.37. The van der Waals surface area contributed by atoms with Crippen molar-refractivity contribution in [2.75, 3.05) is 12.3 Å². The van der Waals surface area contributed by atoms with Crippen LogP contribution in [0.1, 0.15) is 6.23 Å². The standard InChI is InChI=1S/C10H13N5O5/c11-10-14-4-7(12-2-13-8(4)19)15(10)9-6(18)5(17)3(1-16)20-9/h2-3,5-6,9,16-18H,1H2,(H2,11,14)(H,12,13,19)/t3-,5?,6+,9-/m1/s1. The maximum absolute atomic E-state index is 11.6. The molecule has 0 amide bonds. The molecule has 0 spiro atoms. The molecule has 108 valence electrons. The van der Waals surface area contributed by atoms with Crippen LogP contribution < -0.4 is 11.3 Å². The first-order chi connectivity index (χ1) is 9.54. The van der Waals surface area contributed by atoms with Crippen LogP contribution in [0.25, 0.3) is 11.2 Å². The lowest BCUT2D eigenvalue weighted by Gasteiger charge is -2.17. The van der Waals surface area contributed by atoms with E-state index in [2.05, 4.69) is 15.0 Å². The maximum Gasteiger partial charge on any atom is 0.278 e. The molecule has 3 heterocycles. The molecule has 1 aliphatic rings. The van der Waals surface area contributed by atoms with Crippen LogP contribution >= 0.6 is 0 Å². The molecule has 3 rings (SSSR count). The van der Waals surface area contributed by atoms with Gasteiger partial charge in [-0.15, -0.1) is 0 Å². The van der Waals surface area contributed by atoms with Gasteiger partial charge >= 0.3 is 0 Å². The largest absolute Gasteiger partial charge is 0.394 e. The molecule has 1 unspecified atom stereocenters. The van der Waals surface area contributed by atoms with Gasteiger partial charge in [-0.05, 0) is 0 Å². The van der Waals surface area contributed by atoms with Gasteiger partial charge in [0.2, 0.25) is 5.95 Å². The average Bonchev–Trinajstić information content (AvgIpc) is 2.90. The van der Waals surface area contributed by atoms with Crippen molar-refractivity contribution >= 4 is 17.1 Å². The van der Waals surface area contributed by atoms with E-state index in [1.54, 1.807) is 0 Å². The minimum absolute atomic E-state index is 0.00254. The lowest BCUT2D eigenvalue weighted by atomic mass is 10.1. The van der Waals surface area contributed by atoms with Crippen molar-refractivity contribution < 1.29 is 20.1 Å². The van der Waals surface area contributed by atoms with Gasteiger partial charge in [-0.3, -0.25) is 9.36 Å². The number of nitrogens with zero attached hydrogens (tertiary/aromatic N) is 3. The van der Waals surface area contributed by atoms with E-state index in [4.69, 9.17) is 15.6 Å². The second-order valence-corrected chi connectivity index (χ2v) is 4.47. The van der Waals surface area contributed by atoms with E-state index in [-0.39, 0.29) is 17.1 Å². The highest BCUT2D eigenvalue weighted by atomic mass is 16.6. The highest BCUT2D eigenvalue weighted by molar-refractivity contribution is 5.72. The third kappa shape index (κ3) is 1.70. The van der Waals surface area contributed by atoms with Crippen molar-refractivity contribution in [3.05, 3.63) is 16.7 Å².